The van der Waals surface area contributed by atoms with E-state index in [1.54, 1.807) is 19.1 Å². The molecular weight excluding hydrogens is 396 g/mol. The molecule has 2 aromatic carbocycles. The first-order valence-electron chi connectivity index (χ1n) is 9.30. The molecule has 0 bridgehead atoms. The second-order valence-corrected chi connectivity index (χ2v) is 11.1. The molecule has 6 nitrogen and oxygen atoms in total. The van der Waals surface area contributed by atoms with Crippen molar-refractivity contribution in [2.45, 2.75) is 43.4 Å². The van der Waals surface area contributed by atoms with Gasteiger partial charge in [-0.15, -0.1) is 0 Å². The molecule has 0 amide bonds. The number of nitrogens with zero attached hydrogens (tertiary/aromatic N) is 1. The maximum atomic E-state index is 12.8. The number of anilines is 1. The Morgan fingerprint density at radius 2 is 1.68 bits per heavy atom. The summed E-state index contributed by atoms with van der Waals surface area (Å²) in [6.07, 6.45) is 1.89. The van der Waals surface area contributed by atoms with Crippen LogP contribution in [-0.4, -0.2) is 34.2 Å². The van der Waals surface area contributed by atoms with Gasteiger partial charge in [-0.05, 0) is 74.1 Å². The van der Waals surface area contributed by atoms with Gasteiger partial charge in [0.05, 0.1) is 9.79 Å². The van der Waals surface area contributed by atoms with E-state index in [9.17, 15) is 16.8 Å². The molecule has 1 aliphatic rings. The molecule has 2 aromatic rings. The minimum absolute atomic E-state index is 0.177. The molecule has 28 heavy (non-hydrogen) atoms. The van der Waals surface area contributed by atoms with Crippen LogP contribution in [0.5, 0.6) is 0 Å². The first-order valence-corrected chi connectivity index (χ1v) is 12.2. The standard InChI is InChI=1S/C20H26N2O4S2/c1-15-6-7-17(3)20(13-15)27(23,24)21-18-8-10-19(11-9-18)28(25,26)22-12-4-5-16(2)14-22/h6-11,13,16,21H,4-5,12,14H2,1-3H3. The maximum absolute atomic E-state index is 12.8. The summed E-state index contributed by atoms with van der Waals surface area (Å²) in [5.41, 5.74) is 1.83. The van der Waals surface area contributed by atoms with Crippen LogP contribution in [0.4, 0.5) is 5.69 Å². The monoisotopic (exact) mass is 422 g/mol. The average Bonchev–Trinajstić information content (AvgIpc) is 2.64. The van der Waals surface area contributed by atoms with E-state index in [0.29, 0.717) is 30.3 Å². The van der Waals surface area contributed by atoms with Crippen LogP contribution in [0.15, 0.2) is 52.3 Å². The Hall–Kier alpha value is -1.90. The molecule has 0 saturated carbocycles. The summed E-state index contributed by atoms with van der Waals surface area (Å²) >= 11 is 0. The molecule has 1 unspecified atom stereocenters. The number of hydrogen-bond acceptors (Lipinski definition) is 4. The van der Waals surface area contributed by atoms with Gasteiger partial charge in [-0.3, -0.25) is 4.72 Å². The van der Waals surface area contributed by atoms with Crippen molar-refractivity contribution in [1.82, 2.24) is 4.31 Å². The number of aryl methyl sites for hydroxylation is 2. The quantitative estimate of drug-likeness (QED) is 0.799. The van der Waals surface area contributed by atoms with Crippen molar-refractivity contribution in [2.75, 3.05) is 17.8 Å². The lowest BCUT2D eigenvalue weighted by Crippen LogP contribution is -2.39. The predicted molar refractivity (Wildman–Crippen MR) is 110 cm³/mol. The fraction of sp³-hybridized carbons (Fsp3) is 0.400. The second-order valence-electron chi connectivity index (χ2n) is 7.51. The number of rotatable bonds is 5. The first kappa shape index (κ1) is 20.8. The van der Waals surface area contributed by atoms with Crippen LogP contribution < -0.4 is 4.72 Å². The molecule has 1 aliphatic heterocycles. The summed E-state index contributed by atoms with van der Waals surface area (Å²) < 4.78 is 55.1. The molecule has 1 N–H and O–H groups in total. The highest BCUT2D eigenvalue weighted by molar-refractivity contribution is 7.92. The zero-order valence-electron chi connectivity index (χ0n) is 16.3. The molecular formula is C20H26N2O4S2. The van der Waals surface area contributed by atoms with Crippen LogP contribution in [0.25, 0.3) is 0 Å². The van der Waals surface area contributed by atoms with Gasteiger partial charge in [0.25, 0.3) is 10.0 Å². The van der Waals surface area contributed by atoms with Gasteiger partial charge in [0.1, 0.15) is 0 Å². The van der Waals surface area contributed by atoms with Crippen LogP contribution >= 0.6 is 0 Å². The van der Waals surface area contributed by atoms with E-state index < -0.39 is 20.0 Å². The van der Waals surface area contributed by atoms with Crippen molar-refractivity contribution in [1.29, 1.82) is 0 Å². The Labute approximate surface area is 167 Å². The molecule has 0 radical (unpaired) electrons. The van der Waals surface area contributed by atoms with Crippen LogP contribution in [0.1, 0.15) is 30.9 Å². The molecule has 1 atom stereocenters. The van der Waals surface area contributed by atoms with Gasteiger partial charge in [0, 0.05) is 18.8 Å². The lowest BCUT2D eigenvalue weighted by atomic mass is 10.0. The van der Waals surface area contributed by atoms with Gasteiger partial charge in [0.2, 0.25) is 10.0 Å². The van der Waals surface area contributed by atoms with E-state index >= 15 is 0 Å². The largest absolute Gasteiger partial charge is 0.280 e. The Morgan fingerprint density at radius 3 is 2.32 bits per heavy atom. The first-order chi connectivity index (χ1) is 13.1. The number of sulfonamides is 2. The summed E-state index contributed by atoms with van der Waals surface area (Å²) in [6, 6.07) is 11.1. The Balaban J connectivity index is 1.82. The summed E-state index contributed by atoms with van der Waals surface area (Å²) in [6.45, 7) is 6.66. The Bertz CT molecular complexity index is 1060. The highest BCUT2D eigenvalue weighted by Gasteiger charge is 2.28. The molecule has 1 heterocycles. The minimum atomic E-state index is -3.75. The number of hydrogen-bond donors (Lipinski definition) is 1. The summed E-state index contributed by atoms with van der Waals surface area (Å²) in [7, 11) is -7.32. The number of piperidine rings is 1. The van der Waals surface area contributed by atoms with E-state index in [-0.39, 0.29) is 9.79 Å². The van der Waals surface area contributed by atoms with E-state index in [2.05, 4.69) is 4.72 Å². The molecule has 3 rings (SSSR count). The smallest absolute Gasteiger partial charge is 0.262 e. The van der Waals surface area contributed by atoms with Gasteiger partial charge in [-0.25, -0.2) is 16.8 Å². The zero-order chi connectivity index (χ0) is 20.5. The molecule has 0 aromatic heterocycles. The third-order valence-electron chi connectivity index (χ3n) is 5.00. The number of nitrogens with one attached hydrogen (secondary N) is 1. The minimum Gasteiger partial charge on any atom is -0.280 e. The fourth-order valence-electron chi connectivity index (χ4n) is 3.42. The van der Waals surface area contributed by atoms with Crippen LogP contribution in [-0.2, 0) is 20.0 Å². The van der Waals surface area contributed by atoms with E-state index in [1.807, 2.05) is 19.9 Å². The highest BCUT2D eigenvalue weighted by atomic mass is 32.2. The van der Waals surface area contributed by atoms with Crippen molar-refractivity contribution in [2.24, 2.45) is 5.92 Å². The maximum Gasteiger partial charge on any atom is 0.262 e. The van der Waals surface area contributed by atoms with Crippen LogP contribution in [0, 0.1) is 19.8 Å². The van der Waals surface area contributed by atoms with Crippen LogP contribution in [0.2, 0.25) is 0 Å². The topological polar surface area (TPSA) is 83.5 Å². The van der Waals surface area contributed by atoms with Crippen molar-refractivity contribution in [3.8, 4) is 0 Å². The molecule has 8 heteroatoms. The van der Waals surface area contributed by atoms with Crippen molar-refractivity contribution >= 4 is 25.7 Å². The fourth-order valence-corrected chi connectivity index (χ4v) is 6.40. The van der Waals surface area contributed by atoms with Crippen LogP contribution in [0.3, 0.4) is 0 Å². The molecule has 152 valence electrons. The van der Waals surface area contributed by atoms with Gasteiger partial charge in [-0.1, -0.05) is 19.1 Å². The molecule has 1 fully saturated rings. The Morgan fingerprint density at radius 1 is 1.00 bits per heavy atom. The van der Waals surface area contributed by atoms with Crippen molar-refractivity contribution in [3.63, 3.8) is 0 Å². The summed E-state index contributed by atoms with van der Waals surface area (Å²) in [4.78, 5) is 0.391. The lowest BCUT2D eigenvalue weighted by molar-refractivity contribution is 0.281. The lowest BCUT2D eigenvalue weighted by Gasteiger charge is -2.30. The van der Waals surface area contributed by atoms with Gasteiger partial charge >= 0.3 is 0 Å². The van der Waals surface area contributed by atoms with Gasteiger partial charge in [-0.2, -0.15) is 4.31 Å². The van der Waals surface area contributed by atoms with Gasteiger partial charge < -0.3 is 0 Å². The average molecular weight is 423 g/mol. The zero-order valence-corrected chi connectivity index (χ0v) is 18.0. The molecule has 0 spiro atoms. The summed E-state index contributed by atoms with van der Waals surface area (Å²) in [5.74, 6) is 0.340. The van der Waals surface area contributed by atoms with E-state index in [0.717, 1.165) is 18.4 Å². The van der Waals surface area contributed by atoms with Crippen molar-refractivity contribution in [3.05, 3.63) is 53.6 Å². The van der Waals surface area contributed by atoms with E-state index in [4.69, 9.17) is 0 Å². The summed E-state index contributed by atoms with van der Waals surface area (Å²) in [5, 5.41) is 0. The third kappa shape index (κ3) is 4.39. The number of benzene rings is 2. The predicted octanol–water partition coefficient (Wildman–Crippen LogP) is 3.52. The molecule has 1 saturated heterocycles. The highest BCUT2D eigenvalue weighted by Crippen LogP contribution is 2.25. The Kier molecular flexibility index (Phi) is 5.84. The van der Waals surface area contributed by atoms with Gasteiger partial charge in [0.15, 0.2) is 0 Å². The SMILES string of the molecule is Cc1ccc(C)c(S(=O)(=O)Nc2ccc(S(=O)(=O)N3CCCC(C)C3)cc2)c1. The second kappa shape index (κ2) is 7.85. The van der Waals surface area contributed by atoms with E-state index in [1.165, 1.54) is 28.6 Å². The normalized spacial score (nSPS) is 18.8. The third-order valence-corrected chi connectivity index (χ3v) is 8.40. The molecule has 0 aliphatic carbocycles. The van der Waals surface area contributed by atoms with Crippen molar-refractivity contribution < 1.29 is 16.8 Å².